The Morgan fingerprint density at radius 1 is 1.30 bits per heavy atom. The summed E-state index contributed by atoms with van der Waals surface area (Å²) in [5.74, 6) is -0.922. The van der Waals surface area contributed by atoms with E-state index in [0.717, 1.165) is 18.9 Å². The number of fused-ring (bicyclic) bond motifs is 2. The largest absolute Gasteiger partial charge is 0.479 e. The molecule has 0 bridgehead atoms. The lowest BCUT2D eigenvalue weighted by Crippen LogP contribution is -2.44. The minimum absolute atomic E-state index is 0.00737. The number of carbonyl (C=O) groups is 1. The van der Waals surface area contributed by atoms with E-state index in [1.807, 2.05) is 6.07 Å². The number of halogens is 2. The van der Waals surface area contributed by atoms with Gasteiger partial charge in [0.25, 0.3) is 11.5 Å². The molecule has 0 aliphatic carbocycles. The molecule has 9 heteroatoms. The lowest BCUT2D eigenvalue weighted by atomic mass is 10.0. The highest BCUT2D eigenvalue weighted by atomic mass is 35.5. The number of nitrogens with zero attached hydrogens (tertiary/aromatic N) is 4. The van der Waals surface area contributed by atoms with Gasteiger partial charge >= 0.3 is 0 Å². The number of ether oxygens (including phenoxy) is 1. The fourth-order valence-electron chi connectivity index (χ4n) is 3.61. The lowest BCUT2D eigenvalue weighted by molar-refractivity contribution is -0.125. The summed E-state index contributed by atoms with van der Waals surface area (Å²) in [5.41, 5.74) is -0.0728. The molecule has 2 aromatic rings. The Hall–Kier alpha value is -2.79. The van der Waals surface area contributed by atoms with Crippen LogP contribution < -0.4 is 15.2 Å². The van der Waals surface area contributed by atoms with Gasteiger partial charge in [0.2, 0.25) is 0 Å². The Bertz CT molecular complexity index is 1050. The normalized spacial score (nSPS) is 18.5. The number of amides is 1. The molecule has 7 nitrogen and oxygen atoms in total. The number of carbonyl (C=O) groups excluding carboxylic acids is 1. The summed E-state index contributed by atoms with van der Waals surface area (Å²) in [6.45, 7) is 2.43. The number of anilines is 1. The predicted octanol–water partition coefficient (Wildman–Crippen LogP) is 2.54. The van der Waals surface area contributed by atoms with Gasteiger partial charge in [-0.3, -0.25) is 19.2 Å². The van der Waals surface area contributed by atoms with Crippen LogP contribution in [0.2, 0.25) is 5.15 Å². The Labute approximate surface area is 159 Å². The van der Waals surface area contributed by atoms with Crippen molar-refractivity contribution in [3.8, 4) is 22.9 Å². The molecule has 0 saturated carbocycles. The van der Waals surface area contributed by atoms with Crippen molar-refractivity contribution in [1.82, 2.24) is 9.36 Å². The minimum atomic E-state index is -0.827. The molecular formula is C18H16ClFN4O3. The van der Waals surface area contributed by atoms with Gasteiger partial charge in [0.1, 0.15) is 23.3 Å². The second-order valence-electron chi connectivity index (χ2n) is 6.57. The van der Waals surface area contributed by atoms with Gasteiger partial charge in [0.05, 0.1) is 17.3 Å². The topological polar surface area (TPSA) is 80.3 Å². The van der Waals surface area contributed by atoms with E-state index in [-0.39, 0.29) is 39.8 Å². The van der Waals surface area contributed by atoms with Gasteiger partial charge in [0, 0.05) is 24.7 Å². The summed E-state index contributed by atoms with van der Waals surface area (Å²) in [4.78, 5) is 26.4. The molecule has 27 heavy (non-hydrogen) atoms. The van der Waals surface area contributed by atoms with E-state index in [1.54, 1.807) is 4.68 Å². The van der Waals surface area contributed by atoms with Gasteiger partial charge in [-0.2, -0.15) is 5.26 Å². The zero-order chi connectivity index (χ0) is 19.3. The third-order valence-electron chi connectivity index (χ3n) is 4.92. The first kappa shape index (κ1) is 17.6. The highest BCUT2D eigenvalue weighted by Crippen LogP contribution is 2.40. The molecule has 1 unspecified atom stereocenters. The number of rotatable bonds is 2. The van der Waals surface area contributed by atoms with E-state index in [2.05, 4.69) is 0 Å². The van der Waals surface area contributed by atoms with E-state index in [4.69, 9.17) is 21.6 Å². The molecule has 1 aromatic carbocycles. The van der Waals surface area contributed by atoms with Crippen LogP contribution in [-0.2, 0) is 17.9 Å². The van der Waals surface area contributed by atoms with Crippen molar-refractivity contribution in [2.24, 2.45) is 0 Å². The fraction of sp³-hybridized carbons (Fsp3) is 0.389. The molecule has 1 aromatic heterocycles. The smallest absolute Gasteiger partial charge is 0.276 e. The van der Waals surface area contributed by atoms with Crippen molar-refractivity contribution in [3.63, 3.8) is 0 Å². The predicted molar refractivity (Wildman–Crippen MR) is 96.4 cm³/mol. The molecule has 2 aliphatic rings. The molecule has 1 atom stereocenters. The number of benzene rings is 1. The number of hydrogen-bond acceptors (Lipinski definition) is 4. The van der Waals surface area contributed by atoms with E-state index in [0.29, 0.717) is 13.1 Å². The Kier molecular flexibility index (Phi) is 4.19. The van der Waals surface area contributed by atoms with E-state index in [9.17, 15) is 14.0 Å². The molecule has 0 fully saturated rings. The van der Waals surface area contributed by atoms with Crippen molar-refractivity contribution in [2.45, 2.75) is 39.0 Å². The van der Waals surface area contributed by atoms with Crippen LogP contribution in [0.25, 0.3) is 11.1 Å². The average molecular weight is 391 g/mol. The number of nitriles is 1. The van der Waals surface area contributed by atoms with Gasteiger partial charge in [-0.15, -0.1) is 0 Å². The molecule has 1 amide bonds. The summed E-state index contributed by atoms with van der Waals surface area (Å²) in [6.07, 6.45) is 0.908. The zero-order valence-electron chi connectivity index (χ0n) is 14.5. The Morgan fingerprint density at radius 3 is 2.67 bits per heavy atom. The van der Waals surface area contributed by atoms with Gasteiger partial charge in [-0.1, -0.05) is 11.6 Å². The standard InChI is InChI=1S/C18H16ClFN4O3/c1-10-17(25)22(7-4-21)13-8-11(12(20)9-14(13)27-10)15-16(19)23-5-2-3-6-24(23)18(15)26/h8-10H,2-3,5-7H2,1H3. The van der Waals surface area contributed by atoms with E-state index >= 15 is 0 Å². The van der Waals surface area contributed by atoms with Crippen molar-refractivity contribution in [2.75, 3.05) is 11.4 Å². The molecular weight excluding hydrogens is 375 g/mol. The van der Waals surface area contributed by atoms with Crippen LogP contribution in [0.1, 0.15) is 19.8 Å². The van der Waals surface area contributed by atoms with E-state index in [1.165, 1.54) is 22.6 Å². The maximum atomic E-state index is 14.9. The molecule has 0 saturated heterocycles. The van der Waals surface area contributed by atoms with Crippen LogP contribution in [0, 0.1) is 17.1 Å². The second kappa shape index (κ2) is 6.43. The maximum Gasteiger partial charge on any atom is 0.276 e. The first-order valence-electron chi connectivity index (χ1n) is 8.62. The Morgan fingerprint density at radius 2 is 2.00 bits per heavy atom. The second-order valence-corrected chi connectivity index (χ2v) is 6.92. The van der Waals surface area contributed by atoms with Gasteiger partial charge < -0.3 is 4.74 Å². The van der Waals surface area contributed by atoms with Crippen LogP contribution in [0.3, 0.4) is 0 Å². The molecule has 3 heterocycles. The SMILES string of the molecule is CC1Oc2cc(F)c(-c3c(Cl)n4n(c3=O)CCCC4)cc2N(CC#N)C1=O. The van der Waals surface area contributed by atoms with E-state index < -0.39 is 17.8 Å². The monoisotopic (exact) mass is 390 g/mol. The zero-order valence-corrected chi connectivity index (χ0v) is 15.3. The third-order valence-corrected chi connectivity index (χ3v) is 5.30. The quantitative estimate of drug-likeness (QED) is 0.738. The van der Waals surface area contributed by atoms with Crippen LogP contribution in [0.15, 0.2) is 16.9 Å². The summed E-state index contributed by atoms with van der Waals surface area (Å²) >= 11 is 6.40. The molecule has 0 N–H and O–H groups in total. The third kappa shape index (κ3) is 2.61. The molecule has 0 radical (unpaired) electrons. The van der Waals surface area contributed by atoms with Crippen LogP contribution >= 0.6 is 11.6 Å². The number of hydrogen-bond donors (Lipinski definition) is 0. The van der Waals surface area contributed by atoms with Crippen molar-refractivity contribution < 1.29 is 13.9 Å². The summed E-state index contributed by atoms with van der Waals surface area (Å²) in [6, 6.07) is 4.42. The minimum Gasteiger partial charge on any atom is -0.479 e. The van der Waals surface area contributed by atoms with Crippen LogP contribution in [0.5, 0.6) is 5.75 Å². The van der Waals surface area contributed by atoms with Gasteiger partial charge in [-0.05, 0) is 25.8 Å². The average Bonchev–Trinajstić information content (AvgIpc) is 2.90. The summed E-state index contributed by atoms with van der Waals surface area (Å²) < 4.78 is 23.5. The van der Waals surface area contributed by atoms with Crippen LogP contribution in [-0.4, -0.2) is 27.9 Å². The van der Waals surface area contributed by atoms with Crippen molar-refractivity contribution in [1.29, 1.82) is 5.26 Å². The Balaban J connectivity index is 1.92. The fourth-order valence-corrected chi connectivity index (χ4v) is 3.96. The summed E-state index contributed by atoms with van der Waals surface area (Å²) in [5, 5.41) is 9.22. The maximum absolute atomic E-state index is 14.9. The lowest BCUT2D eigenvalue weighted by Gasteiger charge is -2.31. The van der Waals surface area contributed by atoms with Gasteiger partial charge in [0.15, 0.2) is 6.10 Å². The van der Waals surface area contributed by atoms with Crippen molar-refractivity contribution >= 4 is 23.2 Å². The first-order valence-corrected chi connectivity index (χ1v) is 9.00. The molecule has 4 rings (SSSR count). The van der Waals surface area contributed by atoms with Crippen LogP contribution in [0.4, 0.5) is 10.1 Å². The molecule has 0 spiro atoms. The highest BCUT2D eigenvalue weighted by molar-refractivity contribution is 6.32. The molecule has 2 aliphatic heterocycles. The molecule has 140 valence electrons. The number of aromatic nitrogens is 2. The highest BCUT2D eigenvalue weighted by Gasteiger charge is 2.34. The first-order chi connectivity index (χ1) is 12.9. The summed E-state index contributed by atoms with van der Waals surface area (Å²) in [7, 11) is 0. The van der Waals surface area contributed by atoms with Crippen molar-refractivity contribution in [3.05, 3.63) is 33.5 Å². The van der Waals surface area contributed by atoms with Gasteiger partial charge in [-0.25, -0.2) is 9.07 Å².